The lowest BCUT2D eigenvalue weighted by atomic mass is 10.1. The van der Waals surface area contributed by atoms with Gasteiger partial charge in [-0.05, 0) is 67.8 Å². The maximum atomic E-state index is 12.2. The first kappa shape index (κ1) is 21.0. The first-order valence-electron chi connectivity index (χ1n) is 8.73. The van der Waals surface area contributed by atoms with Crippen LogP contribution in [0.3, 0.4) is 0 Å². The van der Waals surface area contributed by atoms with Gasteiger partial charge in [-0.15, -0.1) is 0 Å². The van der Waals surface area contributed by atoms with E-state index >= 15 is 0 Å². The molecule has 2 rings (SSSR count). The molecule has 1 atom stereocenters. The van der Waals surface area contributed by atoms with Gasteiger partial charge in [-0.25, -0.2) is 5.43 Å². The highest BCUT2D eigenvalue weighted by Crippen LogP contribution is 2.27. The van der Waals surface area contributed by atoms with Crippen LogP contribution in [0.1, 0.15) is 30.5 Å². The van der Waals surface area contributed by atoms with Crippen LogP contribution in [0.2, 0.25) is 0 Å². The Labute approximate surface area is 164 Å². The Morgan fingerprint density at radius 2 is 1.82 bits per heavy atom. The fraction of sp³-hybridized carbons (Fsp3) is 0.286. The summed E-state index contributed by atoms with van der Waals surface area (Å²) in [5.74, 6) is 0.506. The molecule has 7 heteroatoms. The molecule has 28 heavy (non-hydrogen) atoms. The van der Waals surface area contributed by atoms with E-state index in [0.29, 0.717) is 22.8 Å². The zero-order chi connectivity index (χ0) is 20.7. The number of ether oxygens (including phenoxy) is 3. The Kier molecular flexibility index (Phi) is 7.14. The van der Waals surface area contributed by atoms with Crippen molar-refractivity contribution in [3.63, 3.8) is 0 Å². The Hall–Kier alpha value is -3.35. The minimum absolute atomic E-state index is 0.312. The Balaban J connectivity index is 1.96. The van der Waals surface area contributed by atoms with Crippen molar-refractivity contribution in [1.29, 1.82) is 0 Å². The quantitative estimate of drug-likeness (QED) is 0.343. The molecule has 0 bridgehead atoms. The summed E-state index contributed by atoms with van der Waals surface area (Å²) in [7, 11) is 1.47. The number of hydrazone groups is 1. The highest BCUT2D eigenvalue weighted by molar-refractivity contribution is 5.85. The van der Waals surface area contributed by atoms with Crippen LogP contribution in [0.5, 0.6) is 17.2 Å². The van der Waals surface area contributed by atoms with Crippen LogP contribution >= 0.6 is 0 Å². The lowest BCUT2D eigenvalue weighted by Crippen LogP contribution is -2.33. The summed E-state index contributed by atoms with van der Waals surface area (Å²) in [4.78, 5) is 23.2. The van der Waals surface area contributed by atoms with Gasteiger partial charge in [-0.3, -0.25) is 9.59 Å². The molecule has 1 amide bonds. The van der Waals surface area contributed by atoms with Crippen molar-refractivity contribution >= 4 is 18.1 Å². The second kappa shape index (κ2) is 9.55. The number of nitrogens with zero attached hydrogens (tertiary/aromatic N) is 1. The number of rotatable bonds is 7. The first-order valence-corrected chi connectivity index (χ1v) is 8.73. The van der Waals surface area contributed by atoms with Crippen molar-refractivity contribution in [2.45, 2.75) is 33.8 Å². The predicted octanol–water partition coefficient (Wildman–Crippen LogP) is 3.15. The highest BCUT2D eigenvalue weighted by Gasteiger charge is 2.14. The average molecular weight is 384 g/mol. The number of aryl methyl sites for hydroxylation is 2. The third-order valence-corrected chi connectivity index (χ3v) is 3.99. The molecule has 1 N–H and O–H groups in total. The number of benzene rings is 2. The number of hydrogen-bond donors (Lipinski definition) is 1. The van der Waals surface area contributed by atoms with E-state index in [1.165, 1.54) is 20.2 Å². The number of hydrogen-bond acceptors (Lipinski definition) is 6. The van der Waals surface area contributed by atoms with Crippen molar-refractivity contribution < 1.29 is 23.8 Å². The largest absolute Gasteiger partial charge is 0.493 e. The van der Waals surface area contributed by atoms with Crippen molar-refractivity contribution in [3.8, 4) is 17.2 Å². The summed E-state index contributed by atoms with van der Waals surface area (Å²) in [5.41, 5.74) is 5.35. The van der Waals surface area contributed by atoms with Gasteiger partial charge in [0.05, 0.1) is 13.3 Å². The zero-order valence-electron chi connectivity index (χ0n) is 16.6. The number of carbonyl (C=O) groups excluding carboxylic acids is 2. The molecule has 0 aliphatic heterocycles. The lowest BCUT2D eigenvalue weighted by molar-refractivity contribution is -0.132. The zero-order valence-corrected chi connectivity index (χ0v) is 16.6. The van der Waals surface area contributed by atoms with Crippen LogP contribution in [0.25, 0.3) is 0 Å². The Bertz CT molecular complexity index is 892. The van der Waals surface area contributed by atoms with Crippen LogP contribution in [0.4, 0.5) is 0 Å². The van der Waals surface area contributed by atoms with E-state index in [2.05, 4.69) is 10.5 Å². The number of amides is 1. The number of nitrogens with one attached hydrogen (secondary N) is 1. The second-order valence-corrected chi connectivity index (χ2v) is 6.24. The van der Waals surface area contributed by atoms with Gasteiger partial charge in [0.15, 0.2) is 17.6 Å². The summed E-state index contributed by atoms with van der Waals surface area (Å²) in [6.07, 6.45) is 0.751. The molecule has 7 nitrogen and oxygen atoms in total. The second-order valence-electron chi connectivity index (χ2n) is 6.24. The molecule has 0 heterocycles. The molecule has 0 aliphatic carbocycles. The topological polar surface area (TPSA) is 86.2 Å². The summed E-state index contributed by atoms with van der Waals surface area (Å²) in [6.45, 7) is 6.96. The van der Waals surface area contributed by atoms with E-state index in [4.69, 9.17) is 14.2 Å². The lowest BCUT2D eigenvalue weighted by Gasteiger charge is -2.14. The summed E-state index contributed by atoms with van der Waals surface area (Å²) >= 11 is 0. The van der Waals surface area contributed by atoms with Gasteiger partial charge < -0.3 is 14.2 Å². The molecule has 0 spiro atoms. The molecular formula is C21H24N2O5. The molecule has 0 saturated carbocycles. The van der Waals surface area contributed by atoms with Crippen LogP contribution in [0, 0.1) is 13.8 Å². The van der Waals surface area contributed by atoms with Crippen LogP contribution in [0.15, 0.2) is 41.5 Å². The molecule has 0 saturated heterocycles. The predicted molar refractivity (Wildman–Crippen MR) is 106 cm³/mol. The third kappa shape index (κ3) is 5.84. The van der Waals surface area contributed by atoms with Crippen LogP contribution in [-0.4, -0.2) is 31.3 Å². The first-order chi connectivity index (χ1) is 13.3. The maximum absolute atomic E-state index is 12.2. The molecule has 2 aromatic carbocycles. The van der Waals surface area contributed by atoms with E-state index in [1.807, 2.05) is 32.0 Å². The molecule has 1 unspecified atom stereocenters. The highest BCUT2D eigenvalue weighted by atomic mass is 16.6. The van der Waals surface area contributed by atoms with E-state index in [0.717, 1.165) is 11.1 Å². The van der Waals surface area contributed by atoms with E-state index in [1.54, 1.807) is 25.1 Å². The summed E-state index contributed by atoms with van der Waals surface area (Å²) < 4.78 is 15.9. The minimum Gasteiger partial charge on any atom is -0.493 e. The number of methoxy groups -OCH3 is 1. The van der Waals surface area contributed by atoms with Crippen LogP contribution < -0.4 is 19.6 Å². The fourth-order valence-electron chi connectivity index (χ4n) is 2.31. The van der Waals surface area contributed by atoms with E-state index in [9.17, 15) is 9.59 Å². The minimum atomic E-state index is -0.708. The van der Waals surface area contributed by atoms with Gasteiger partial charge in [-0.2, -0.15) is 5.10 Å². The normalized spacial score (nSPS) is 11.8. The summed E-state index contributed by atoms with van der Waals surface area (Å²) in [5, 5.41) is 3.93. The molecular weight excluding hydrogens is 360 g/mol. The van der Waals surface area contributed by atoms with Gasteiger partial charge in [-0.1, -0.05) is 6.07 Å². The van der Waals surface area contributed by atoms with Crippen molar-refractivity contribution in [3.05, 3.63) is 53.1 Å². The fourth-order valence-corrected chi connectivity index (χ4v) is 2.31. The maximum Gasteiger partial charge on any atom is 0.308 e. The van der Waals surface area contributed by atoms with Gasteiger partial charge in [0, 0.05) is 6.92 Å². The Morgan fingerprint density at radius 3 is 2.46 bits per heavy atom. The van der Waals surface area contributed by atoms with Gasteiger partial charge in [0.25, 0.3) is 5.91 Å². The van der Waals surface area contributed by atoms with Gasteiger partial charge >= 0.3 is 5.97 Å². The molecule has 2 aromatic rings. The molecule has 148 valence electrons. The molecule has 0 radical (unpaired) electrons. The van der Waals surface area contributed by atoms with Crippen molar-refractivity contribution in [2.75, 3.05) is 7.11 Å². The molecule has 0 fully saturated rings. The third-order valence-electron chi connectivity index (χ3n) is 3.99. The van der Waals surface area contributed by atoms with E-state index in [-0.39, 0.29) is 5.91 Å². The SMILES string of the molecule is COc1cc(/C=N/NC(=O)C(C)Oc2ccc(C)c(C)c2)ccc1OC(C)=O. The van der Waals surface area contributed by atoms with Gasteiger partial charge in [0.2, 0.25) is 0 Å². The Morgan fingerprint density at radius 1 is 1.07 bits per heavy atom. The standard InChI is InChI=1S/C21H24N2O5/c1-13-6-8-18(10-14(13)2)27-15(3)21(25)23-22-12-17-7-9-19(28-16(4)24)20(11-17)26-5/h6-12,15H,1-5H3,(H,23,25)/b22-12+. The van der Waals surface area contributed by atoms with E-state index < -0.39 is 12.1 Å². The number of esters is 1. The monoisotopic (exact) mass is 384 g/mol. The smallest absolute Gasteiger partial charge is 0.308 e. The average Bonchev–Trinajstić information content (AvgIpc) is 2.65. The number of carbonyl (C=O) groups is 2. The molecule has 0 aliphatic rings. The molecule has 0 aromatic heterocycles. The van der Waals surface area contributed by atoms with Crippen molar-refractivity contribution in [1.82, 2.24) is 5.43 Å². The van der Waals surface area contributed by atoms with Gasteiger partial charge in [0.1, 0.15) is 5.75 Å². The van der Waals surface area contributed by atoms with Crippen LogP contribution in [-0.2, 0) is 9.59 Å². The van der Waals surface area contributed by atoms with Crippen molar-refractivity contribution in [2.24, 2.45) is 5.10 Å². The summed E-state index contributed by atoms with van der Waals surface area (Å²) in [6, 6.07) is 10.6.